The Morgan fingerprint density at radius 2 is 1.50 bits per heavy atom. The van der Waals surface area contributed by atoms with Crippen molar-refractivity contribution in [1.82, 2.24) is 9.80 Å². The summed E-state index contributed by atoms with van der Waals surface area (Å²) in [5.74, 6) is -0.267. The van der Waals surface area contributed by atoms with Crippen LogP contribution in [0.2, 0.25) is 5.02 Å². The molecule has 0 saturated carbocycles. The fraction of sp³-hybridized carbons (Fsp3) is 0.333. The smallest absolute Gasteiger partial charge is 0.278 e. The Bertz CT molecular complexity index is 999. The third kappa shape index (κ3) is 4.96. The maximum Gasteiger partial charge on any atom is 0.278 e. The SMILES string of the molecule is COCCN(CCOC)C1=C(c2ccccc2OC)C(=O)N(Cc2ccccc2Cl)C1=O. The van der Waals surface area contributed by atoms with E-state index in [9.17, 15) is 9.59 Å². The average Bonchev–Trinajstić information content (AvgIpc) is 3.05. The molecule has 0 atom stereocenters. The fourth-order valence-corrected chi connectivity index (χ4v) is 3.82. The van der Waals surface area contributed by atoms with Crippen LogP contribution in [0.25, 0.3) is 5.57 Å². The van der Waals surface area contributed by atoms with Crippen LogP contribution in [0.5, 0.6) is 5.75 Å². The van der Waals surface area contributed by atoms with E-state index >= 15 is 0 Å². The van der Waals surface area contributed by atoms with Gasteiger partial charge in [-0.15, -0.1) is 0 Å². The second kappa shape index (κ2) is 11.1. The molecule has 0 aromatic heterocycles. The molecule has 1 aliphatic rings. The summed E-state index contributed by atoms with van der Waals surface area (Å²) in [7, 11) is 4.72. The summed E-state index contributed by atoms with van der Waals surface area (Å²) in [5, 5.41) is 0.496. The zero-order valence-corrected chi connectivity index (χ0v) is 19.2. The van der Waals surface area contributed by atoms with Crippen LogP contribution in [0.1, 0.15) is 11.1 Å². The summed E-state index contributed by atoms with van der Waals surface area (Å²) >= 11 is 6.31. The van der Waals surface area contributed by atoms with Crippen LogP contribution >= 0.6 is 11.6 Å². The molecule has 0 saturated heterocycles. The molecule has 1 aliphatic heterocycles. The summed E-state index contributed by atoms with van der Waals surface area (Å²) in [4.78, 5) is 30.3. The van der Waals surface area contributed by atoms with Crippen molar-refractivity contribution in [3.05, 3.63) is 70.4 Å². The highest BCUT2D eigenvalue weighted by molar-refractivity contribution is 6.36. The van der Waals surface area contributed by atoms with Crippen LogP contribution in [0, 0.1) is 0 Å². The monoisotopic (exact) mass is 458 g/mol. The van der Waals surface area contributed by atoms with Crippen molar-refractivity contribution >= 4 is 29.0 Å². The van der Waals surface area contributed by atoms with Gasteiger partial charge in [0, 0.05) is 37.9 Å². The van der Waals surface area contributed by atoms with Crippen LogP contribution in [0.15, 0.2) is 54.2 Å². The first-order valence-corrected chi connectivity index (χ1v) is 10.6. The molecule has 0 aliphatic carbocycles. The second-order valence-electron chi connectivity index (χ2n) is 7.18. The van der Waals surface area contributed by atoms with Crippen LogP contribution in [-0.2, 0) is 25.6 Å². The van der Waals surface area contributed by atoms with Crippen molar-refractivity contribution in [2.24, 2.45) is 0 Å². The van der Waals surface area contributed by atoms with Crippen LogP contribution in [0.3, 0.4) is 0 Å². The normalized spacial score (nSPS) is 13.8. The Kier molecular flexibility index (Phi) is 8.27. The molecule has 2 aromatic carbocycles. The third-order valence-corrected chi connectivity index (χ3v) is 5.62. The summed E-state index contributed by atoms with van der Waals surface area (Å²) in [6, 6.07) is 14.3. The maximum absolute atomic E-state index is 13.6. The summed E-state index contributed by atoms with van der Waals surface area (Å²) < 4.78 is 16.0. The van der Waals surface area contributed by atoms with Crippen LogP contribution in [-0.4, -0.2) is 69.2 Å². The number of imide groups is 1. The van der Waals surface area contributed by atoms with E-state index < -0.39 is 5.91 Å². The first-order chi connectivity index (χ1) is 15.5. The van der Waals surface area contributed by atoms with Crippen molar-refractivity contribution in [2.75, 3.05) is 47.6 Å². The number of halogens is 1. The molecule has 8 heteroatoms. The number of carbonyl (C=O) groups excluding carboxylic acids is 2. The maximum atomic E-state index is 13.6. The molecule has 0 fully saturated rings. The average molecular weight is 459 g/mol. The Hall–Kier alpha value is -2.87. The van der Waals surface area contributed by atoms with Crippen molar-refractivity contribution in [3.63, 3.8) is 0 Å². The Morgan fingerprint density at radius 3 is 2.12 bits per heavy atom. The summed E-state index contributed by atoms with van der Waals surface area (Å²) in [6.07, 6.45) is 0. The van der Waals surface area contributed by atoms with Gasteiger partial charge in [-0.05, 0) is 17.7 Å². The number of hydrogen-bond acceptors (Lipinski definition) is 6. The van der Waals surface area contributed by atoms with Gasteiger partial charge in [0.15, 0.2) is 0 Å². The first-order valence-electron chi connectivity index (χ1n) is 10.2. The van der Waals surface area contributed by atoms with E-state index in [1.54, 1.807) is 44.6 Å². The lowest BCUT2D eigenvalue weighted by molar-refractivity contribution is -0.138. The number of para-hydroxylation sites is 1. The van der Waals surface area contributed by atoms with Gasteiger partial charge in [0.2, 0.25) is 0 Å². The molecule has 32 heavy (non-hydrogen) atoms. The molecule has 2 aromatic rings. The lowest BCUT2D eigenvalue weighted by Crippen LogP contribution is -2.37. The molecule has 0 unspecified atom stereocenters. The summed E-state index contributed by atoms with van der Waals surface area (Å²) in [5.41, 5.74) is 1.86. The second-order valence-corrected chi connectivity index (χ2v) is 7.59. The highest BCUT2D eigenvalue weighted by Gasteiger charge is 2.42. The van der Waals surface area contributed by atoms with Gasteiger partial charge in [0.25, 0.3) is 11.8 Å². The molecular weight excluding hydrogens is 432 g/mol. The number of amides is 2. The molecule has 0 radical (unpaired) electrons. The molecule has 3 rings (SSSR count). The third-order valence-electron chi connectivity index (χ3n) is 5.25. The highest BCUT2D eigenvalue weighted by atomic mass is 35.5. The zero-order chi connectivity index (χ0) is 23.1. The van der Waals surface area contributed by atoms with Gasteiger partial charge < -0.3 is 19.1 Å². The quantitative estimate of drug-likeness (QED) is 0.482. The minimum atomic E-state index is -0.394. The first kappa shape index (κ1) is 23.8. The molecule has 170 valence electrons. The van der Waals surface area contributed by atoms with E-state index in [0.717, 1.165) is 0 Å². The molecule has 1 heterocycles. The number of hydrogen-bond donors (Lipinski definition) is 0. The van der Waals surface area contributed by atoms with Gasteiger partial charge in [-0.2, -0.15) is 0 Å². The molecule has 0 spiro atoms. The lowest BCUT2D eigenvalue weighted by atomic mass is 10.0. The van der Waals surface area contributed by atoms with Crippen LogP contribution in [0.4, 0.5) is 0 Å². The molecule has 0 N–H and O–H groups in total. The molecule has 0 bridgehead atoms. The van der Waals surface area contributed by atoms with Crippen molar-refractivity contribution in [1.29, 1.82) is 0 Å². The Labute approximate surface area is 193 Å². The zero-order valence-electron chi connectivity index (χ0n) is 18.5. The number of benzene rings is 2. The Balaban J connectivity index is 2.10. The molecule has 7 nitrogen and oxygen atoms in total. The van der Waals surface area contributed by atoms with Gasteiger partial charge >= 0.3 is 0 Å². The van der Waals surface area contributed by atoms with Gasteiger partial charge in [0.05, 0.1) is 32.4 Å². The number of ether oxygens (including phenoxy) is 3. The van der Waals surface area contributed by atoms with Crippen molar-refractivity contribution < 1.29 is 23.8 Å². The number of rotatable bonds is 11. The van der Waals surface area contributed by atoms with E-state index in [2.05, 4.69) is 0 Å². The standard InChI is InChI=1S/C24H27ClN2O5/c1-30-14-12-26(13-15-31-2)22-21(18-9-5-7-11-20(18)32-3)23(28)27(24(22)29)16-17-8-4-6-10-19(17)25/h4-11H,12-16H2,1-3H3. The lowest BCUT2D eigenvalue weighted by Gasteiger charge is -2.26. The van der Waals surface area contributed by atoms with E-state index in [4.69, 9.17) is 25.8 Å². The van der Waals surface area contributed by atoms with E-state index in [1.165, 1.54) is 12.0 Å². The van der Waals surface area contributed by atoms with Gasteiger partial charge in [-0.1, -0.05) is 48.0 Å². The van der Waals surface area contributed by atoms with Crippen LogP contribution < -0.4 is 4.74 Å². The highest BCUT2D eigenvalue weighted by Crippen LogP contribution is 2.37. The fourth-order valence-electron chi connectivity index (χ4n) is 3.63. The Morgan fingerprint density at radius 1 is 0.875 bits per heavy atom. The van der Waals surface area contributed by atoms with Gasteiger partial charge in [-0.3, -0.25) is 14.5 Å². The topological polar surface area (TPSA) is 68.3 Å². The minimum absolute atomic E-state index is 0.0713. The number of carbonyl (C=O) groups is 2. The van der Waals surface area contributed by atoms with E-state index in [0.29, 0.717) is 59.5 Å². The summed E-state index contributed by atoms with van der Waals surface area (Å²) in [6.45, 7) is 1.69. The minimum Gasteiger partial charge on any atom is -0.496 e. The predicted molar refractivity (Wildman–Crippen MR) is 122 cm³/mol. The van der Waals surface area contributed by atoms with Gasteiger partial charge in [0.1, 0.15) is 11.4 Å². The van der Waals surface area contributed by atoms with E-state index in [1.807, 2.05) is 23.1 Å². The molecule has 2 amide bonds. The van der Waals surface area contributed by atoms with Gasteiger partial charge in [-0.25, -0.2) is 0 Å². The van der Waals surface area contributed by atoms with Crippen molar-refractivity contribution in [3.8, 4) is 5.75 Å². The number of nitrogens with zero attached hydrogens (tertiary/aromatic N) is 2. The van der Waals surface area contributed by atoms with Crippen molar-refractivity contribution in [2.45, 2.75) is 6.54 Å². The predicted octanol–water partition coefficient (Wildman–Crippen LogP) is 3.22. The number of methoxy groups -OCH3 is 3. The largest absolute Gasteiger partial charge is 0.496 e. The van der Waals surface area contributed by atoms with E-state index in [-0.39, 0.29) is 12.5 Å². The molecular formula is C24H27ClN2O5.